The number of pyridine rings is 1. The van der Waals surface area contributed by atoms with Gasteiger partial charge in [0.05, 0.1) is 18.2 Å². The van der Waals surface area contributed by atoms with Gasteiger partial charge in [0.15, 0.2) is 0 Å². The van der Waals surface area contributed by atoms with Gasteiger partial charge in [0.1, 0.15) is 17.6 Å². The van der Waals surface area contributed by atoms with Gasteiger partial charge in [0, 0.05) is 39.3 Å². The van der Waals surface area contributed by atoms with E-state index >= 15 is 0 Å². The van der Waals surface area contributed by atoms with Crippen molar-refractivity contribution in [1.29, 1.82) is 5.26 Å². The molecule has 3 saturated heterocycles. The van der Waals surface area contributed by atoms with Gasteiger partial charge in [0.25, 0.3) is 0 Å². The van der Waals surface area contributed by atoms with Gasteiger partial charge in [0.2, 0.25) is 0 Å². The molecule has 0 radical (unpaired) electrons. The van der Waals surface area contributed by atoms with Crippen molar-refractivity contribution in [2.24, 2.45) is 5.92 Å². The van der Waals surface area contributed by atoms with E-state index in [0.29, 0.717) is 12.3 Å². The van der Waals surface area contributed by atoms with Crippen LogP contribution in [0, 0.1) is 17.2 Å². The van der Waals surface area contributed by atoms with Gasteiger partial charge in [-0.05, 0) is 37.3 Å². The van der Waals surface area contributed by atoms with Crippen LogP contribution in [0.25, 0.3) is 0 Å². The van der Waals surface area contributed by atoms with E-state index in [1.54, 1.807) is 6.07 Å². The molecule has 1 N–H and O–H groups in total. The largest absolute Gasteiger partial charge is 0.381 e. The molecule has 2 atom stereocenters. The van der Waals surface area contributed by atoms with Crippen molar-refractivity contribution < 1.29 is 9.47 Å². The van der Waals surface area contributed by atoms with Crippen LogP contribution in [-0.2, 0) is 9.47 Å². The van der Waals surface area contributed by atoms with Gasteiger partial charge in [-0.15, -0.1) is 0 Å². The third-order valence-electron chi connectivity index (χ3n) is 5.68. The Kier molecular flexibility index (Phi) is 4.89. The van der Waals surface area contributed by atoms with E-state index in [9.17, 15) is 0 Å². The quantitative estimate of drug-likeness (QED) is 0.903. The summed E-state index contributed by atoms with van der Waals surface area (Å²) < 4.78 is 11.7. The molecule has 0 amide bonds. The van der Waals surface area contributed by atoms with Crippen molar-refractivity contribution in [3.63, 3.8) is 0 Å². The first-order chi connectivity index (χ1) is 12.2. The maximum atomic E-state index is 8.98. The van der Waals surface area contributed by atoms with E-state index in [1.807, 2.05) is 12.1 Å². The number of nitrogens with one attached hydrogen (secondary N) is 1. The average molecular weight is 342 g/mol. The maximum absolute atomic E-state index is 8.98. The fraction of sp³-hybridized carbons (Fsp3) is 0.684. The lowest BCUT2D eigenvalue weighted by atomic mass is 9.97. The van der Waals surface area contributed by atoms with Crippen molar-refractivity contribution in [3.05, 3.63) is 23.9 Å². The summed E-state index contributed by atoms with van der Waals surface area (Å²) in [6.45, 7) is 5.89. The van der Waals surface area contributed by atoms with Crippen LogP contribution in [0.4, 0.5) is 5.82 Å². The lowest BCUT2D eigenvalue weighted by Crippen LogP contribution is -2.36. The Bertz CT molecular complexity index is 641. The zero-order valence-corrected chi connectivity index (χ0v) is 14.6. The smallest absolute Gasteiger partial charge is 0.142 e. The van der Waals surface area contributed by atoms with Crippen molar-refractivity contribution in [3.8, 4) is 6.07 Å². The first-order valence-corrected chi connectivity index (χ1v) is 9.32. The Hall–Kier alpha value is -1.68. The minimum Gasteiger partial charge on any atom is -0.381 e. The fourth-order valence-electron chi connectivity index (χ4n) is 4.39. The lowest BCUT2D eigenvalue weighted by Gasteiger charge is -2.28. The van der Waals surface area contributed by atoms with Crippen molar-refractivity contribution in [2.75, 3.05) is 44.8 Å². The van der Waals surface area contributed by atoms with Crippen LogP contribution >= 0.6 is 0 Å². The molecule has 0 saturated carbocycles. The standard InChI is InChI=1S/C19H26N4O2/c20-11-16-2-1-3-18(21-16)22-17-10-19(25-13-17)6-7-23(14-19)12-15-4-8-24-9-5-15/h1-3,15,17H,4-10,12-14H2,(H,21,22)/t17-,19-/m0/s1. The molecular weight excluding hydrogens is 316 g/mol. The number of hydrogen-bond acceptors (Lipinski definition) is 6. The molecule has 0 unspecified atom stereocenters. The summed E-state index contributed by atoms with van der Waals surface area (Å²) in [4.78, 5) is 6.89. The Morgan fingerprint density at radius 2 is 2.24 bits per heavy atom. The second-order valence-electron chi connectivity index (χ2n) is 7.60. The number of anilines is 1. The molecule has 3 aliphatic heterocycles. The third kappa shape index (κ3) is 3.95. The van der Waals surface area contributed by atoms with Gasteiger partial charge in [-0.1, -0.05) is 6.07 Å². The average Bonchev–Trinajstić information content (AvgIpc) is 3.22. The van der Waals surface area contributed by atoms with Crippen molar-refractivity contribution in [2.45, 2.75) is 37.3 Å². The zero-order valence-electron chi connectivity index (χ0n) is 14.6. The second kappa shape index (κ2) is 7.28. The van der Waals surface area contributed by atoms with E-state index in [4.69, 9.17) is 14.7 Å². The highest BCUT2D eigenvalue weighted by Gasteiger charge is 2.45. The topological polar surface area (TPSA) is 70.4 Å². The Morgan fingerprint density at radius 1 is 1.36 bits per heavy atom. The molecule has 0 aliphatic carbocycles. The van der Waals surface area contributed by atoms with Crippen LogP contribution in [0.15, 0.2) is 18.2 Å². The Labute approximate surface area is 149 Å². The molecule has 1 aromatic rings. The lowest BCUT2D eigenvalue weighted by molar-refractivity contribution is 0.00796. The van der Waals surface area contributed by atoms with Crippen LogP contribution in [0.5, 0.6) is 0 Å². The number of likely N-dealkylation sites (tertiary alicyclic amines) is 1. The van der Waals surface area contributed by atoms with E-state index in [2.05, 4.69) is 21.3 Å². The molecular formula is C19H26N4O2. The second-order valence-corrected chi connectivity index (χ2v) is 7.60. The van der Waals surface area contributed by atoms with E-state index < -0.39 is 0 Å². The van der Waals surface area contributed by atoms with Gasteiger partial charge >= 0.3 is 0 Å². The molecule has 25 heavy (non-hydrogen) atoms. The highest BCUT2D eigenvalue weighted by molar-refractivity contribution is 5.39. The van der Waals surface area contributed by atoms with Crippen LogP contribution in [0.2, 0.25) is 0 Å². The zero-order chi connectivity index (χ0) is 17.1. The minimum absolute atomic E-state index is 0.00429. The van der Waals surface area contributed by atoms with Crippen LogP contribution < -0.4 is 5.32 Å². The SMILES string of the molecule is N#Cc1cccc(N[C@@H]2CO[C@@]3(CCN(CC4CCOCC4)C3)C2)n1. The molecule has 4 heterocycles. The predicted molar refractivity (Wildman–Crippen MR) is 94.3 cm³/mol. The van der Waals surface area contributed by atoms with E-state index in [-0.39, 0.29) is 11.6 Å². The Balaban J connectivity index is 1.30. The third-order valence-corrected chi connectivity index (χ3v) is 5.68. The monoisotopic (exact) mass is 342 g/mol. The Morgan fingerprint density at radius 3 is 3.08 bits per heavy atom. The molecule has 3 fully saturated rings. The van der Waals surface area contributed by atoms with Crippen molar-refractivity contribution >= 4 is 5.82 Å². The van der Waals surface area contributed by atoms with Gasteiger partial charge in [-0.25, -0.2) is 4.98 Å². The van der Waals surface area contributed by atoms with E-state index in [0.717, 1.165) is 50.9 Å². The molecule has 0 aromatic carbocycles. The van der Waals surface area contributed by atoms with Crippen molar-refractivity contribution in [1.82, 2.24) is 9.88 Å². The number of hydrogen-bond donors (Lipinski definition) is 1. The summed E-state index contributed by atoms with van der Waals surface area (Å²) in [7, 11) is 0. The van der Waals surface area contributed by atoms with Crippen LogP contribution in [0.3, 0.4) is 0 Å². The van der Waals surface area contributed by atoms with Gasteiger partial charge in [-0.2, -0.15) is 5.26 Å². The highest BCUT2D eigenvalue weighted by Crippen LogP contribution is 2.36. The molecule has 1 aromatic heterocycles. The molecule has 134 valence electrons. The van der Waals surface area contributed by atoms with Gasteiger partial charge < -0.3 is 19.7 Å². The summed E-state index contributed by atoms with van der Waals surface area (Å²) in [6, 6.07) is 7.86. The molecule has 4 rings (SSSR count). The molecule has 6 heteroatoms. The molecule has 1 spiro atoms. The first-order valence-electron chi connectivity index (χ1n) is 9.32. The maximum Gasteiger partial charge on any atom is 0.142 e. The minimum atomic E-state index is -0.00429. The molecule has 3 aliphatic rings. The summed E-state index contributed by atoms with van der Waals surface area (Å²) in [5.74, 6) is 1.54. The number of ether oxygens (including phenoxy) is 2. The predicted octanol–water partition coefficient (Wildman–Crippen LogP) is 2.03. The molecule has 6 nitrogen and oxygen atoms in total. The summed E-state index contributed by atoms with van der Waals surface area (Å²) in [5.41, 5.74) is 0.442. The summed E-state index contributed by atoms with van der Waals surface area (Å²) >= 11 is 0. The number of aromatic nitrogens is 1. The van der Waals surface area contributed by atoms with E-state index in [1.165, 1.54) is 19.4 Å². The number of nitrogens with zero attached hydrogens (tertiary/aromatic N) is 3. The first kappa shape index (κ1) is 16.8. The normalized spacial score (nSPS) is 30.6. The van der Waals surface area contributed by atoms with Crippen LogP contribution in [-0.4, -0.2) is 61.0 Å². The molecule has 0 bridgehead atoms. The fourth-order valence-corrected chi connectivity index (χ4v) is 4.39. The van der Waals surface area contributed by atoms with Gasteiger partial charge in [-0.3, -0.25) is 0 Å². The van der Waals surface area contributed by atoms with Crippen LogP contribution in [0.1, 0.15) is 31.4 Å². The number of rotatable bonds is 4. The number of nitriles is 1. The highest BCUT2D eigenvalue weighted by atomic mass is 16.5. The summed E-state index contributed by atoms with van der Waals surface area (Å²) in [5, 5.41) is 12.4. The summed E-state index contributed by atoms with van der Waals surface area (Å²) in [6.07, 6.45) is 4.50.